The molecule has 2 aromatic rings. The van der Waals surface area contributed by atoms with Crippen molar-refractivity contribution in [3.05, 3.63) is 48.2 Å². The van der Waals surface area contributed by atoms with Gasteiger partial charge in [0.25, 0.3) is 17.7 Å². The van der Waals surface area contributed by atoms with E-state index in [2.05, 4.69) is 10.4 Å². The first-order chi connectivity index (χ1) is 13.6. The molecule has 142 valence electrons. The van der Waals surface area contributed by atoms with Crippen LogP contribution in [0.1, 0.15) is 23.3 Å². The molecule has 2 fully saturated rings. The van der Waals surface area contributed by atoms with Crippen LogP contribution in [-0.2, 0) is 9.59 Å². The summed E-state index contributed by atoms with van der Waals surface area (Å²) in [6.45, 7) is 0. The van der Waals surface area contributed by atoms with Gasteiger partial charge in [-0.15, -0.1) is 0 Å². The van der Waals surface area contributed by atoms with Crippen molar-refractivity contribution in [2.75, 3.05) is 7.11 Å². The van der Waals surface area contributed by atoms with E-state index in [1.807, 2.05) is 30.4 Å². The van der Waals surface area contributed by atoms with Crippen LogP contribution in [0.2, 0.25) is 0 Å². The summed E-state index contributed by atoms with van der Waals surface area (Å²) in [4.78, 5) is 42.9. The van der Waals surface area contributed by atoms with Gasteiger partial charge in [0.1, 0.15) is 11.4 Å². The fourth-order valence-corrected chi connectivity index (χ4v) is 4.77. The molecule has 7 nitrogen and oxygen atoms in total. The molecule has 1 aromatic carbocycles. The molecule has 0 spiro atoms. The lowest BCUT2D eigenvalue weighted by atomic mass is 9.63. The monoisotopic (exact) mass is 377 g/mol. The van der Waals surface area contributed by atoms with E-state index in [1.165, 1.54) is 13.2 Å². The van der Waals surface area contributed by atoms with Gasteiger partial charge in [-0.05, 0) is 36.8 Å². The predicted octanol–water partition coefficient (Wildman–Crippen LogP) is 2.09. The van der Waals surface area contributed by atoms with Gasteiger partial charge in [-0.1, -0.05) is 24.3 Å². The highest BCUT2D eigenvalue weighted by atomic mass is 16.5. The smallest absolute Gasteiger partial charge is 0.289 e. The summed E-state index contributed by atoms with van der Waals surface area (Å²) < 4.78 is 5.37. The van der Waals surface area contributed by atoms with Crippen LogP contribution in [0.4, 0.5) is 0 Å². The Hall–Kier alpha value is -3.22. The Morgan fingerprint density at radius 3 is 2.36 bits per heavy atom. The van der Waals surface area contributed by atoms with E-state index in [9.17, 15) is 14.4 Å². The Morgan fingerprint density at radius 1 is 1.11 bits per heavy atom. The van der Waals surface area contributed by atoms with Crippen molar-refractivity contribution in [2.45, 2.75) is 12.8 Å². The van der Waals surface area contributed by atoms with Gasteiger partial charge >= 0.3 is 0 Å². The quantitative estimate of drug-likeness (QED) is 0.654. The number of hydrogen-bond donors (Lipinski definition) is 1. The summed E-state index contributed by atoms with van der Waals surface area (Å²) in [5.74, 6) is -1.33. The maximum absolute atomic E-state index is 12.9. The second-order valence-corrected chi connectivity index (χ2v) is 7.52. The normalized spacial score (nSPS) is 28.0. The first-order valence-corrected chi connectivity index (χ1v) is 9.39. The zero-order chi connectivity index (χ0) is 19.4. The van der Waals surface area contributed by atoms with Crippen molar-refractivity contribution in [2.24, 2.45) is 23.7 Å². The number of nitrogens with one attached hydrogen (secondary N) is 1. The molecule has 28 heavy (non-hydrogen) atoms. The number of amides is 3. The number of carbonyl (C=O) groups is 3. The van der Waals surface area contributed by atoms with E-state index < -0.39 is 5.91 Å². The number of rotatable bonds is 3. The van der Waals surface area contributed by atoms with Gasteiger partial charge in [0, 0.05) is 11.5 Å². The number of methoxy groups -OCH3 is 1. The first kappa shape index (κ1) is 16.9. The largest absolute Gasteiger partial charge is 0.496 e. The molecule has 3 aliphatic carbocycles. The maximum atomic E-state index is 12.9. The van der Waals surface area contributed by atoms with Crippen molar-refractivity contribution in [3.63, 3.8) is 0 Å². The summed E-state index contributed by atoms with van der Waals surface area (Å²) in [5, 5.41) is 1.68. The van der Waals surface area contributed by atoms with Gasteiger partial charge in [0.15, 0.2) is 0 Å². The third-order valence-electron chi connectivity index (χ3n) is 6.10. The van der Waals surface area contributed by atoms with E-state index in [-0.39, 0.29) is 41.2 Å². The zero-order valence-electron chi connectivity index (χ0n) is 15.3. The number of para-hydroxylation sites is 1. The van der Waals surface area contributed by atoms with Gasteiger partial charge in [0.2, 0.25) is 0 Å². The fraction of sp³-hybridized carbons (Fsp3) is 0.333. The average molecular weight is 377 g/mol. The van der Waals surface area contributed by atoms with Crippen LogP contribution in [0.3, 0.4) is 0 Å². The van der Waals surface area contributed by atoms with E-state index in [1.54, 1.807) is 6.07 Å². The maximum Gasteiger partial charge on any atom is 0.289 e. The van der Waals surface area contributed by atoms with Crippen LogP contribution in [0.15, 0.2) is 42.5 Å². The second kappa shape index (κ2) is 6.15. The molecule has 4 unspecified atom stereocenters. The Bertz CT molecular complexity index is 1020. The molecule has 1 saturated carbocycles. The minimum absolute atomic E-state index is 0.0761. The Kier molecular flexibility index (Phi) is 3.72. The topological polar surface area (TPSA) is 88.6 Å². The summed E-state index contributed by atoms with van der Waals surface area (Å²) in [5.41, 5.74) is 3.17. The SMILES string of the molecule is COc1cc(C(=O)NN2C(=O)C3C4C=CC(CC4)C3C2=O)nc2ccccc12. The number of nitrogens with zero attached hydrogens (tertiary/aromatic N) is 2. The number of allylic oxidation sites excluding steroid dienone is 2. The number of pyridine rings is 1. The van der Waals surface area contributed by atoms with E-state index in [4.69, 9.17) is 4.74 Å². The molecule has 6 rings (SSSR count). The molecule has 2 heterocycles. The molecule has 0 radical (unpaired) electrons. The summed E-state index contributed by atoms with van der Waals surface area (Å²) in [7, 11) is 1.52. The summed E-state index contributed by atoms with van der Waals surface area (Å²) >= 11 is 0. The molecular formula is C21H19N3O4. The van der Waals surface area contributed by atoms with Crippen LogP contribution in [0.25, 0.3) is 10.9 Å². The van der Waals surface area contributed by atoms with Gasteiger partial charge in [-0.2, -0.15) is 5.01 Å². The second-order valence-electron chi connectivity index (χ2n) is 7.52. The molecule has 3 amide bonds. The number of hydrogen-bond acceptors (Lipinski definition) is 5. The van der Waals surface area contributed by atoms with Gasteiger partial charge < -0.3 is 4.74 Å². The molecule has 4 aliphatic rings. The molecule has 1 aliphatic heterocycles. The number of hydrazine groups is 1. The number of ether oxygens (including phenoxy) is 1. The number of carbonyl (C=O) groups excluding carboxylic acids is 3. The van der Waals surface area contributed by atoms with Crippen molar-refractivity contribution in [1.82, 2.24) is 15.4 Å². The van der Waals surface area contributed by atoms with E-state index in [0.29, 0.717) is 11.3 Å². The number of imide groups is 1. The van der Waals surface area contributed by atoms with Crippen LogP contribution >= 0.6 is 0 Å². The first-order valence-electron chi connectivity index (χ1n) is 9.39. The van der Waals surface area contributed by atoms with Gasteiger partial charge in [-0.25, -0.2) is 4.98 Å². The van der Waals surface area contributed by atoms with Gasteiger partial charge in [-0.3, -0.25) is 19.8 Å². The lowest BCUT2D eigenvalue weighted by Crippen LogP contribution is -2.47. The van der Waals surface area contributed by atoms with Crippen molar-refractivity contribution in [3.8, 4) is 5.75 Å². The van der Waals surface area contributed by atoms with Crippen molar-refractivity contribution >= 4 is 28.6 Å². The lowest BCUT2D eigenvalue weighted by Gasteiger charge is -2.37. The Labute approximate surface area is 161 Å². The number of benzene rings is 1. The molecule has 7 heteroatoms. The summed E-state index contributed by atoms with van der Waals surface area (Å²) in [6, 6.07) is 8.82. The van der Waals surface area contributed by atoms with Crippen LogP contribution in [0, 0.1) is 23.7 Å². The molecule has 1 N–H and O–H groups in total. The third-order valence-corrected chi connectivity index (χ3v) is 6.10. The van der Waals surface area contributed by atoms with Crippen molar-refractivity contribution in [1.29, 1.82) is 0 Å². The van der Waals surface area contributed by atoms with Crippen LogP contribution in [-0.4, -0.2) is 34.8 Å². The zero-order valence-corrected chi connectivity index (χ0v) is 15.3. The summed E-state index contributed by atoms with van der Waals surface area (Å²) in [6.07, 6.45) is 5.91. The number of aromatic nitrogens is 1. The van der Waals surface area contributed by atoms with Crippen molar-refractivity contribution < 1.29 is 19.1 Å². The fourth-order valence-electron chi connectivity index (χ4n) is 4.77. The van der Waals surface area contributed by atoms with Crippen LogP contribution < -0.4 is 10.2 Å². The van der Waals surface area contributed by atoms with E-state index >= 15 is 0 Å². The molecule has 1 saturated heterocycles. The average Bonchev–Trinajstić information content (AvgIpc) is 3.00. The lowest BCUT2D eigenvalue weighted by molar-refractivity contribution is -0.143. The third kappa shape index (κ3) is 2.35. The minimum atomic E-state index is -0.607. The van der Waals surface area contributed by atoms with Gasteiger partial charge in [0.05, 0.1) is 24.5 Å². The Morgan fingerprint density at radius 2 is 1.75 bits per heavy atom. The molecule has 1 aromatic heterocycles. The standard InChI is InChI=1S/C21H19N3O4/c1-28-16-10-15(22-14-5-3-2-4-13(14)16)19(25)23-24-20(26)17-11-6-7-12(9-8-11)18(17)21(24)27/h2-7,10-12,17-18H,8-9H2,1H3,(H,23,25). The highest BCUT2D eigenvalue weighted by Gasteiger charge is 2.57. The molecule has 4 atom stereocenters. The minimum Gasteiger partial charge on any atom is -0.496 e. The number of fused-ring (bicyclic) bond motifs is 2. The predicted molar refractivity (Wildman–Crippen MR) is 99.9 cm³/mol. The molecular weight excluding hydrogens is 358 g/mol. The van der Waals surface area contributed by atoms with Crippen LogP contribution in [0.5, 0.6) is 5.75 Å². The highest BCUT2D eigenvalue weighted by molar-refractivity contribution is 6.08. The highest BCUT2D eigenvalue weighted by Crippen LogP contribution is 2.49. The van der Waals surface area contributed by atoms with E-state index in [0.717, 1.165) is 23.2 Å². The molecule has 2 bridgehead atoms. The Balaban J connectivity index is 1.44.